The molecule has 0 saturated carbocycles. The maximum absolute atomic E-state index is 12.8. The highest BCUT2D eigenvalue weighted by molar-refractivity contribution is 7.15. The highest BCUT2D eigenvalue weighted by Crippen LogP contribution is 2.33. The Labute approximate surface area is 161 Å². The van der Waals surface area contributed by atoms with Gasteiger partial charge in [0.25, 0.3) is 5.91 Å². The topological polar surface area (TPSA) is 59.8 Å². The summed E-state index contributed by atoms with van der Waals surface area (Å²) >= 11 is 8.03. The minimum Gasteiger partial charge on any atom is -0.298 e. The highest BCUT2D eigenvalue weighted by atomic mass is 35.5. The lowest BCUT2D eigenvalue weighted by Crippen LogP contribution is -2.13. The van der Waals surface area contributed by atoms with Crippen molar-refractivity contribution in [3.8, 4) is 5.69 Å². The Bertz CT molecular complexity index is 964. The number of nitrogens with zero attached hydrogens (tertiary/aromatic N) is 3. The maximum atomic E-state index is 12.8. The predicted octanol–water partition coefficient (Wildman–Crippen LogP) is 4.67. The second kappa shape index (κ2) is 6.85. The molecule has 0 aliphatic heterocycles. The molecule has 1 amide bonds. The lowest BCUT2D eigenvalue weighted by molar-refractivity contribution is 0.102. The smallest absolute Gasteiger partial charge is 0.262 e. The number of hydrogen-bond donors (Lipinski definition) is 1. The molecule has 1 aliphatic carbocycles. The van der Waals surface area contributed by atoms with Crippen molar-refractivity contribution >= 4 is 34.0 Å². The number of carbonyl (C=O) groups excluding carboxylic acids is 1. The average Bonchev–Trinajstić information content (AvgIpc) is 3.14. The minimum absolute atomic E-state index is 0.270. The zero-order chi connectivity index (χ0) is 18.3. The summed E-state index contributed by atoms with van der Waals surface area (Å²) < 4.78 is 1.58. The van der Waals surface area contributed by atoms with Crippen LogP contribution < -0.4 is 5.32 Å². The number of amides is 1. The number of nitrogens with one attached hydrogen (secondary N) is 1. The number of carbonyl (C=O) groups is 1. The third kappa shape index (κ3) is 3.15. The van der Waals surface area contributed by atoms with Gasteiger partial charge in [-0.2, -0.15) is 5.10 Å². The van der Waals surface area contributed by atoms with Crippen LogP contribution in [0.3, 0.4) is 0 Å². The molecule has 0 fully saturated rings. The standard InChI is InChI=1S/C19H19ClN4OS/c1-11-8-9-14-15(10-11)26-19(21-14)22-18(25)16-12(2)23-24(17(16)20)13-6-4-3-5-7-13/h3-7,11H,8-10H2,1-2H3,(H,21,22,25). The van der Waals surface area contributed by atoms with Crippen LogP contribution in [0.15, 0.2) is 30.3 Å². The van der Waals surface area contributed by atoms with Crippen LogP contribution in [-0.4, -0.2) is 20.7 Å². The van der Waals surface area contributed by atoms with Gasteiger partial charge in [-0.25, -0.2) is 9.67 Å². The van der Waals surface area contributed by atoms with Crippen molar-refractivity contribution in [2.75, 3.05) is 5.32 Å². The van der Waals surface area contributed by atoms with E-state index in [9.17, 15) is 4.79 Å². The zero-order valence-electron chi connectivity index (χ0n) is 14.6. The number of anilines is 1. The molecule has 2 aromatic heterocycles. The molecule has 0 saturated heterocycles. The number of halogens is 1. The molecular weight excluding hydrogens is 368 g/mol. The Balaban J connectivity index is 1.60. The summed E-state index contributed by atoms with van der Waals surface area (Å²) in [7, 11) is 0. The fourth-order valence-corrected chi connectivity index (χ4v) is 4.77. The van der Waals surface area contributed by atoms with Gasteiger partial charge in [0.2, 0.25) is 0 Å². The van der Waals surface area contributed by atoms with Crippen molar-refractivity contribution in [3.05, 3.63) is 57.3 Å². The van der Waals surface area contributed by atoms with Gasteiger partial charge in [-0.05, 0) is 44.2 Å². The Morgan fingerprint density at radius 1 is 1.35 bits per heavy atom. The molecule has 1 aliphatic rings. The van der Waals surface area contributed by atoms with E-state index in [-0.39, 0.29) is 5.91 Å². The molecule has 5 nitrogen and oxygen atoms in total. The van der Waals surface area contributed by atoms with Crippen molar-refractivity contribution < 1.29 is 4.79 Å². The van der Waals surface area contributed by atoms with Gasteiger partial charge in [0.15, 0.2) is 5.13 Å². The molecule has 4 rings (SSSR count). The number of aryl methyl sites for hydroxylation is 2. The predicted molar refractivity (Wildman–Crippen MR) is 105 cm³/mol. The van der Waals surface area contributed by atoms with E-state index in [0.29, 0.717) is 27.5 Å². The molecule has 1 atom stereocenters. The van der Waals surface area contributed by atoms with Gasteiger partial charge >= 0.3 is 0 Å². The van der Waals surface area contributed by atoms with Crippen LogP contribution in [0, 0.1) is 12.8 Å². The van der Waals surface area contributed by atoms with E-state index in [1.165, 1.54) is 4.88 Å². The van der Waals surface area contributed by atoms with Crippen LogP contribution in [0.1, 0.15) is 40.0 Å². The van der Waals surface area contributed by atoms with Crippen molar-refractivity contribution in [3.63, 3.8) is 0 Å². The minimum atomic E-state index is -0.270. The van der Waals surface area contributed by atoms with E-state index in [1.54, 1.807) is 22.9 Å². The normalized spacial score (nSPS) is 16.3. The monoisotopic (exact) mass is 386 g/mol. The van der Waals surface area contributed by atoms with E-state index >= 15 is 0 Å². The highest BCUT2D eigenvalue weighted by Gasteiger charge is 2.24. The Morgan fingerprint density at radius 3 is 2.88 bits per heavy atom. The van der Waals surface area contributed by atoms with Gasteiger partial charge in [0.05, 0.1) is 17.1 Å². The summed E-state index contributed by atoms with van der Waals surface area (Å²) in [5, 5.41) is 8.28. The van der Waals surface area contributed by atoms with E-state index in [1.807, 2.05) is 30.3 Å². The van der Waals surface area contributed by atoms with E-state index in [0.717, 1.165) is 30.6 Å². The molecule has 1 N–H and O–H groups in total. The summed E-state index contributed by atoms with van der Waals surface area (Å²) in [6, 6.07) is 9.53. The summed E-state index contributed by atoms with van der Waals surface area (Å²) in [5.41, 5.74) is 2.91. The number of aromatic nitrogens is 3. The fraction of sp³-hybridized carbons (Fsp3) is 0.316. The maximum Gasteiger partial charge on any atom is 0.262 e. The van der Waals surface area contributed by atoms with Crippen LogP contribution in [0.5, 0.6) is 0 Å². The molecule has 7 heteroatoms. The molecule has 1 aromatic carbocycles. The third-order valence-electron chi connectivity index (χ3n) is 4.64. The molecular formula is C19H19ClN4OS. The first-order chi connectivity index (χ1) is 12.5. The van der Waals surface area contributed by atoms with E-state index in [2.05, 4.69) is 22.3 Å². The summed E-state index contributed by atoms with van der Waals surface area (Å²) in [5.74, 6) is 0.404. The van der Waals surface area contributed by atoms with Crippen molar-refractivity contribution in [2.24, 2.45) is 5.92 Å². The summed E-state index contributed by atoms with van der Waals surface area (Å²) in [6.07, 6.45) is 3.17. The summed E-state index contributed by atoms with van der Waals surface area (Å²) in [4.78, 5) is 18.7. The average molecular weight is 387 g/mol. The van der Waals surface area contributed by atoms with Crippen molar-refractivity contribution in [1.82, 2.24) is 14.8 Å². The Morgan fingerprint density at radius 2 is 2.12 bits per heavy atom. The SMILES string of the molecule is Cc1nn(-c2ccccc2)c(Cl)c1C(=O)Nc1nc2c(s1)CC(C)CC2. The van der Waals surface area contributed by atoms with Gasteiger partial charge in [0.1, 0.15) is 10.7 Å². The third-order valence-corrected chi connectivity index (χ3v) is 6.02. The van der Waals surface area contributed by atoms with Crippen LogP contribution in [0.25, 0.3) is 5.69 Å². The van der Waals surface area contributed by atoms with Gasteiger partial charge in [0, 0.05) is 4.88 Å². The van der Waals surface area contributed by atoms with Gasteiger partial charge in [-0.3, -0.25) is 10.1 Å². The molecule has 0 spiro atoms. The van der Waals surface area contributed by atoms with Crippen LogP contribution in [0.4, 0.5) is 5.13 Å². The molecule has 0 radical (unpaired) electrons. The number of rotatable bonds is 3. The number of thiazole rings is 1. The first-order valence-corrected chi connectivity index (χ1v) is 9.83. The van der Waals surface area contributed by atoms with Gasteiger partial charge < -0.3 is 0 Å². The first-order valence-electron chi connectivity index (χ1n) is 8.63. The van der Waals surface area contributed by atoms with Gasteiger partial charge in [-0.15, -0.1) is 11.3 Å². The van der Waals surface area contributed by atoms with Crippen LogP contribution >= 0.6 is 22.9 Å². The van der Waals surface area contributed by atoms with Crippen molar-refractivity contribution in [1.29, 1.82) is 0 Å². The van der Waals surface area contributed by atoms with Crippen molar-refractivity contribution in [2.45, 2.75) is 33.1 Å². The zero-order valence-corrected chi connectivity index (χ0v) is 16.2. The number of benzene rings is 1. The molecule has 0 bridgehead atoms. The largest absolute Gasteiger partial charge is 0.298 e. The van der Waals surface area contributed by atoms with Gasteiger partial charge in [-0.1, -0.05) is 36.7 Å². The van der Waals surface area contributed by atoms with Crippen LogP contribution in [-0.2, 0) is 12.8 Å². The quantitative estimate of drug-likeness (QED) is 0.711. The fourth-order valence-electron chi connectivity index (χ4n) is 3.25. The molecule has 26 heavy (non-hydrogen) atoms. The van der Waals surface area contributed by atoms with E-state index < -0.39 is 0 Å². The second-order valence-corrected chi connectivity index (χ2v) is 8.13. The number of para-hydroxylation sites is 1. The second-order valence-electron chi connectivity index (χ2n) is 6.69. The first kappa shape index (κ1) is 17.2. The lowest BCUT2D eigenvalue weighted by Gasteiger charge is -2.15. The number of hydrogen-bond acceptors (Lipinski definition) is 4. The van der Waals surface area contributed by atoms with E-state index in [4.69, 9.17) is 11.6 Å². The summed E-state index contributed by atoms with van der Waals surface area (Å²) in [6.45, 7) is 4.04. The molecule has 134 valence electrons. The number of fused-ring (bicyclic) bond motifs is 1. The molecule has 3 aromatic rings. The Hall–Kier alpha value is -2.18. The van der Waals surface area contributed by atoms with Crippen LogP contribution in [0.2, 0.25) is 5.15 Å². The molecule has 1 unspecified atom stereocenters. The Kier molecular flexibility index (Phi) is 4.54. The lowest BCUT2D eigenvalue weighted by atomic mass is 9.93. The molecule has 2 heterocycles.